The second-order valence-corrected chi connectivity index (χ2v) is 22.2. The summed E-state index contributed by atoms with van der Waals surface area (Å²) >= 11 is 44.4. The standard InChI is InChI=1S/C31H36Br12O4/c1-31(2,17-3-5-20(6-4-17)46-29(42)21(36)9-13-44-11-7-18(34)15-32)23-24(38)26(40)28(27(41)25(23)39)47-30(43)22(37)10-14-45-12-8-19(35)16-33/h3-6,18-19,21-22,29-30H,7-16H2,1-2H3. The quantitative estimate of drug-likeness (QED) is 0.0669. The predicted molar refractivity (Wildman–Crippen MR) is 241 cm³/mol. The van der Waals surface area contributed by atoms with Crippen molar-refractivity contribution in [3.8, 4) is 11.5 Å². The van der Waals surface area contributed by atoms with Crippen LogP contribution in [-0.2, 0) is 14.9 Å². The minimum atomic E-state index is -0.377. The van der Waals surface area contributed by atoms with Crippen molar-refractivity contribution in [3.63, 3.8) is 0 Å². The van der Waals surface area contributed by atoms with Gasteiger partial charge in [0, 0.05) is 61.1 Å². The van der Waals surface area contributed by atoms with Crippen molar-refractivity contribution >= 4 is 191 Å². The average Bonchev–Trinajstić information content (AvgIpc) is 3.04. The van der Waals surface area contributed by atoms with Crippen molar-refractivity contribution in [2.45, 2.75) is 74.3 Å². The Bertz CT molecular complexity index is 1190. The highest BCUT2D eigenvalue weighted by Gasteiger charge is 2.33. The summed E-state index contributed by atoms with van der Waals surface area (Å²) in [4.78, 5) is 0.980. The zero-order chi connectivity index (χ0) is 35.3. The number of alkyl halides is 8. The molecule has 0 spiro atoms. The molecule has 0 radical (unpaired) electrons. The van der Waals surface area contributed by atoms with E-state index in [0.717, 1.165) is 77.7 Å². The van der Waals surface area contributed by atoms with E-state index >= 15 is 0 Å². The third kappa shape index (κ3) is 15.4. The van der Waals surface area contributed by atoms with Crippen LogP contribution in [0.5, 0.6) is 11.5 Å². The number of hydrogen-bond donors (Lipinski definition) is 0. The summed E-state index contributed by atoms with van der Waals surface area (Å²) in [6, 6.07) is 8.24. The Morgan fingerprint density at radius 3 is 1.40 bits per heavy atom. The highest BCUT2D eigenvalue weighted by Crippen LogP contribution is 2.52. The minimum Gasteiger partial charge on any atom is -0.478 e. The van der Waals surface area contributed by atoms with Crippen LogP contribution in [0.3, 0.4) is 0 Å². The van der Waals surface area contributed by atoms with Crippen LogP contribution in [0.1, 0.15) is 50.7 Å². The van der Waals surface area contributed by atoms with Gasteiger partial charge < -0.3 is 18.9 Å². The molecule has 6 atom stereocenters. The molecule has 0 aliphatic carbocycles. The van der Waals surface area contributed by atoms with E-state index in [1.807, 2.05) is 12.1 Å². The minimum absolute atomic E-state index is 0.0372. The molecule has 0 N–H and O–H groups in total. The van der Waals surface area contributed by atoms with Crippen molar-refractivity contribution in [1.29, 1.82) is 0 Å². The van der Waals surface area contributed by atoms with Gasteiger partial charge in [0.1, 0.15) is 5.75 Å². The van der Waals surface area contributed by atoms with Crippen molar-refractivity contribution < 1.29 is 18.9 Å². The Morgan fingerprint density at radius 2 is 0.979 bits per heavy atom. The Morgan fingerprint density at radius 1 is 0.574 bits per heavy atom. The first kappa shape index (κ1) is 46.9. The maximum atomic E-state index is 6.42. The number of ether oxygens (including phenoxy) is 4. The van der Waals surface area contributed by atoms with E-state index < -0.39 is 0 Å². The Kier molecular flexibility index (Phi) is 24.2. The fourth-order valence-electron chi connectivity index (χ4n) is 4.18. The highest BCUT2D eigenvalue weighted by molar-refractivity contribution is 9.14. The van der Waals surface area contributed by atoms with Crippen molar-refractivity contribution in [3.05, 3.63) is 53.3 Å². The molecule has 0 saturated carbocycles. The monoisotopic (exact) mass is 1420 g/mol. The lowest BCUT2D eigenvalue weighted by Crippen LogP contribution is -2.24. The second kappa shape index (κ2) is 24.3. The summed E-state index contributed by atoms with van der Waals surface area (Å²) < 4.78 is 27.7. The van der Waals surface area contributed by atoms with E-state index in [1.165, 1.54) is 0 Å². The molecule has 0 saturated heterocycles. The van der Waals surface area contributed by atoms with Crippen molar-refractivity contribution in [1.82, 2.24) is 0 Å². The molecule has 4 nitrogen and oxygen atoms in total. The van der Waals surface area contributed by atoms with Gasteiger partial charge in [0.25, 0.3) is 0 Å². The Balaban J connectivity index is 2.06. The molecule has 0 bridgehead atoms. The van der Waals surface area contributed by atoms with Gasteiger partial charge in [0.15, 0.2) is 15.8 Å². The summed E-state index contributed by atoms with van der Waals surface area (Å²) in [5.74, 6) is 1.47. The van der Waals surface area contributed by atoms with Crippen LogP contribution in [0, 0.1) is 0 Å². The highest BCUT2D eigenvalue weighted by atomic mass is 79.9. The van der Waals surface area contributed by atoms with E-state index in [9.17, 15) is 0 Å². The largest absolute Gasteiger partial charge is 0.478 e. The molecule has 47 heavy (non-hydrogen) atoms. The Labute approximate surface area is 380 Å². The summed E-state index contributed by atoms with van der Waals surface area (Å²) in [7, 11) is 0. The molecule has 0 aliphatic heterocycles. The van der Waals surface area contributed by atoms with E-state index in [0.29, 0.717) is 35.2 Å². The predicted octanol–water partition coefficient (Wildman–Crippen LogP) is 14.7. The van der Waals surface area contributed by atoms with Crippen LogP contribution in [0.25, 0.3) is 0 Å². The van der Waals surface area contributed by atoms with Gasteiger partial charge in [-0.05, 0) is 145 Å². The van der Waals surface area contributed by atoms with Gasteiger partial charge in [0.2, 0.25) is 0 Å². The maximum Gasteiger partial charge on any atom is 0.165 e. The second-order valence-electron chi connectivity index (χ2n) is 11.0. The summed E-state index contributed by atoms with van der Waals surface area (Å²) in [6.07, 6.45) is 3.53. The SMILES string of the molecule is CC(C)(c1ccc(OC(Br)C(Br)CCOCCC(Br)CBr)cc1)c1c(Br)c(Br)c(OC(Br)C(Br)CCOCCC(Br)CBr)c(Br)c1Br. The third-order valence-electron chi connectivity index (χ3n) is 7.03. The number of hydrogen-bond acceptors (Lipinski definition) is 4. The molecule has 2 aromatic carbocycles. The Hall–Kier alpha value is 3.72. The summed E-state index contributed by atoms with van der Waals surface area (Å²) in [6.45, 7) is 7.12. The molecule has 16 heteroatoms. The lowest BCUT2D eigenvalue weighted by Gasteiger charge is -2.31. The third-order valence-corrected chi connectivity index (χ3v) is 21.0. The number of benzene rings is 2. The van der Waals surface area contributed by atoms with Gasteiger partial charge in [0.05, 0.1) is 18.6 Å². The van der Waals surface area contributed by atoms with Crippen LogP contribution < -0.4 is 9.47 Å². The molecule has 0 aliphatic rings. The molecule has 0 fully saturated rings. The van der Waals surface area contributed by atoms with E-state index in [4.69, 9.17) is 18.9 Å². The molecular formula is C31H36Br12O4. The van der Waals surface area contributed by atoms with E-state index in [-0.39, 0.29) is 25.1 Å². The van der Waals surface area contributed by atoms with Gasteiger partial charge >= 0.3 is 0 Å². The molecule has 6 unspecified atom stereocenters. The van der Waals surface area contributed by atoms with Gasteiger partial charge in [-0.3, -0.25) is 0 Å². The molecular weight excluding hydrogens is 1400 g/mol. The fourth-order valence-corrected chi connectivity index (χ4v) is 9.99. The maximum absolute atomic E-state index is 6.42. The molecule has 2 rings (SSSR count). The van der Waals surface area contributed by atoms with Gasteiger partial charge in [-0.15, -0.1) is 0 Å². The summed E-state index contributed by atoms with van der Waals surface area (Å²) in [5.41, 5.74) is 1.82. The first-order valence-corrected chi connectivity index (χ1v) is 25.5. The topological polar surface area (TPSA) is 36.9 Å². The first-order chi connectivity index (χ1) is 22.1. The van der Waals surface area contributed by atoms with Crippen LogP contribution in [0.2, 0.25) is 0 Å². The van der Waals surface area contributed by atoms with Crippen molar-refractivity contribution in [2.75, 3.05) is 37.1 Å². The van der Waals surface area contributed by atoms with Crippen LogP contribution in [-0.4, -0.2) is 66.4 Å². The van der Waals surface area contributed by atoms with Gasteiger partial charge in [-0.1, -0.05) is 122 Å². The van der Waals surface area contributed by atoms with Crippen LogP contribution in [0.4, 0.5) is 0 Å². The molecule has 268 valence electrons. The lowest BCUT2D eigenvalue weighted by atomic mass is 9.78. The van der Waals surface area contributed by atoms with Crippen LogP contribution >= 0.6 is 191 Å². The first-order valence-electron chi connectivity index (χ1n) is 14.6. The zero-order valence-electron chi connectivity index (χ0n) is 25.5. The van der Waals surface area contributed by atoms with Crippen molar-refractivity contribution in [2.24, 2.45) is 0 Å². The fraction of sp³-hybridized carbons (Fsp3) is 0.613. The summed E-state index contributed by atoms with van der Waals surface area (Å²) in [5, 5.41) is 1.34. The molecule has 0 heterocycles. The van der Waals surface area contributed by atoms with Gasteiger partial charge in [-0.25, -0.2) is 0 Å². The smallest absolute Gasteiger partial charge is 0.165 e. The lowest BCUT2D eigenvalue weighted by molar-refractivity contribution is 0.125. The molecule has 0 aromatic heterocycles. The van der Waals surface area contributed by atoms with E-state index in [2.05, 4.69) is 217 Å². The average molecular weight is 1430 g/mol. The van der Waals surface area contributed by atoms with E-state index in [1.54, 1.807) is 0 Å². The normalized spacial score (nSPS) is 16.0. The number of rotatable bonds is 22. The number of halogens is 12. The van der Waals surface area contributed by atoms with Crippen LogP contribution in [0.15, 0.2) is 42.2 Å². The zero-order valence-corrected chi connectivity index (χ0v) is 44.5. The van der Waals surface area contributed by atoms with Gasteiger partial charge in [-0.2, -0.15) is 0 Å². The molecule has 2 aromatic rings. The molecule has 0 amide bonds.